The second-order valence-corrected chi connectivity index (χ2v) is 7.31. The van der Waals surface area contributed by atoms with Crippen molar-refractivity contribution in [1.82, 2.24) is 4.90 Å². The Bertz CT molecular complexity index is 630. The molecule has 1 N–H and O–H groups in total. The number of carbonyl (C=O) groups is 2. The molecule has 7 heteroatoms. The number of carbonyl (C=O) groups excluding carboxylic acids is 1. The van der Waals surface area contributed by atoms with Crippen molar-refractivity contribution in [3.05, 3.63) is 38.3 Å². The third kappa shape index (κ3) is 4.52. The van der Waals surface area contributed by atoms with Crippen molar-refractivity contribution >= 4 is 68.8 Å². The molecule has 0 aromatic heterocycles. The fourth-order valence-electron chi connectivity index (χ4n) is 1.83. The van der Waals surface area contributed by atoms with E-state index in [0.717, 1.165) is 9.13 Å². The van der Waals surface area contributed by atoms with E-state index in [4.69, 9.17) is 17.3 Å². The van der Waals surface area contributed by atoms with Crippen molar-refractivity contribution in [2.45, 2.75) is 12.8 Å². The second-order valence-electron chi connectivity index (χ2n) is 4.39. The first-order valence-corrected chi connectivity index (χ1v) is 8.50. The summed E-state index contributed by atoms with van der Waals surface area (Å²) >= 11 is 8.67. The highest BCUT2D eigenvalue weighted by Crippen LogP contribution is 2.32. The van der Waals surface area contributed by atoms with Gasteiger partial charge in [0, 0.05) is 16.5 Å². The van der Waals surface area contributed by atoms with Gasteiger partial charge in [0.05, 0.1) is 4.91 Å². The predicted molar refractivity (Wildman–Crippen MR) is 95.9 cm³/mol. The van der Waals surface area contributed by atoms with Crippen LogP contribution in [-0.4, -0.2) is 32.7 Å². The molecular weight excluding hydrogens is 421 g/mol. The number of thioether (sulfide) groups is 1. The molecule has 1 saturated heterocycles. The van der Waals surface area contributed by atoms with Crippen molar-refractivity contribution in [1.29, 1.82) is 0 Å². The monoisotopic (exact) mass is 433 g/mol. The number of amides is 1. The van der Waals surface area contributed by atoms with Crippen LogP contribution in [0.2, 0.25) is 0 Å². The first-order valence-electron chi connectivity index (χ1n) is 6.20. The molecule has 1 aliphatic heterocycles. The molecule has 1 fully saturated rings. The van der Waals surface area contributed by atoms with Gasteiger partial charge in [-0.2, -0.15) is 0 Å². The summed E-state index contributed by atoms with van der Waals surface area (Å²) in [5, 5.41) is 8.64. The van der Waals surface area contributed by atoms with Crippen LogP contribution in [0.5, 0.6) is 0 Å². The molecule has 1 amide bonds. The van der Waals surface area contributed by atoms with E-state index in [-0.39, 0.29) is 12.3 Å². The van der Waals surface area contributed by atoms with Gasteiger partial charge in [0.25, 0.3) is 5.91 Å². The van der Waals surface area contributed by atoms with E-state index in [1.807, 2.05) is 30.3 Å². The fourth-order valence-corrected chi connectivity index (χ4v) is 3.70. The highest BCUT2D eigenvalue weighted by atomic mass is 127. The molecule has 110 valence electrons. The van der Waals surface area contributed by atoms with Crippen molar-refractivity contribution in [2.24, 2.45) is 0 Å². The maximum atomic E-state index is 12.3. The van der Waals surface area contributed by atoms with Crippen LogP contribution in [0.3, 0.4) is 0 Å². The third-order valence-corrected chi connectivity index (χ3v) is 4.84. The topological polar surface area (TPSA) is 57.6 Å². The molecule has 21 heavy (non-hydrogen) atoms. The van der Waals surface area contributed by atoms with Crippen LogP contribution < -0.4 is 0 Å². The fraction of sp³-hybridized carbons (Fsp3) is 0.214. The van der Waals surface area contributed by atoms with E-state index >= 15 is 0 Å². The van der Waals surface area contributed by atoms with Gasteiger partial charge in [-0.3, -0.25) is 14.5 Å². The second kappa shape index (κ2) is 7.37. The number of halogens is 1. The van der Waals surface area contributed by atoms with Gasteiger partial charge in [-0.05, 0) is 52.8 Å². The highest BCUT2D eigenvalue weighted by molar-refractivity contribution is 14.1. The third-order valence-electron chi connectivity index (χ3n) is 2.79. The summed E-state index contributed by atoms with van der Waals surface area (Å²) in [5.41, 5.74) is 0.952. The van der Waals surface area contributed by atoms with E-state index in [9.17, 15) is 9.59 Å². The molecule has 4 nitrogen and oxygen atoms in total. The number of aliphatic carboxylic acids is 1. The van der Waals surface area contributed by atoms with Gasteiger partial charge >= 0.3 is 5.97 Å². The van der Waals surface area contributed by atoms with Crippen molar-refractivity contribution < 1.29 is 14.7 Å². The minimum absolute atomic E-state index is 0.0347. The van der Waals surface area contributed by atoms with E-state index in [0.29, 0.717) is 22.2 Å². The quantitative estimate of drug-likeness (QED) is 0.439. The average molecular weight is 433 g/mol. The Morgan fingerprint density at radius 3 is 2.90 bits per heavy atom. The van der Waals surface area contributed by atoms with Crippen LogP contribution in [0.4, 0.5) is 0 Å². The largest absolute Gasteiger partial charge is 0.481 e. The lowest BCUT2D eigenvalue weighted by molar-refractivity contribution is -0.137. The standard InChI is InChI=1S/C14H12INO3S2/c15-10-4-1-3-9(7-10)8-11-13(19)16(14(20)21-11)6-2-5-12(17)18/h1,3-4,7-8H,2,5-6H2,(H,17,18). The van der Waals surface area contributed by atoms with Crippen LogP contribution >= 0.6 is 46.6 Å². The summed E-state index contributed by atoms with van der Waals surface area (Å²) < 4.78 is 1.58. The van der Waals surface area contributed by atoms with Crippen molar-refractivity contribution in [3.8, 4) is 0 Å². The lowest BCUT2D eigenvalue weighted by Crippen LogP contribution is -2.29. The maximum absolute atomic E-state index is 12.3. The minimum Gasteiger partial charge on any atom is -0.481 e. The molecule has 1 heterocycles. The van der Waals surface area contributed by atoms with Crippen molar-refractivity contribution in [3.63, 3.8) is 0 Å². The van der Waals surface area contributed by atoms with Gasteiger partial charge < -0.3 is 5.11 Å². The number of benzene rings is 1. The Balaban J connectivity index is 2.08. The summed E-state index contributed by atoms with van der Waals surface area (Å²) in [7, 11) is 0. The molecule has 0 radical (unpaired) electrons. The number of carboxylic acid groups (broad SMARTS) is 1. The van der Waals surface area contributed by atoms with Gasteiger partial charge in [0.2, 0.25) is 0 Å². The first-order chi connectivity index (χ1) is 9.97. The van der Waals surface area contributed by atoms with E-state index < -0.39 is 5.97 Å². The summed E-state index contributed by atoms with van der Waals surface area (Å²) in [4.78, 5) is 24.9. The molecule has 1 aromatic rings. The van der Waals surface area contributed by atoms with Gasteiger partial charge in [-0.25, -0.2) is 0 Å². The summed E-state index contributed by atoms with van der Waals surface area (Å²) in [6.45, 7) is 0.348. The smallest absolute Gasteiger partial charge is 0.303 e. The molecule has 0 bridgehead atoms. The van der Waals surface area contributed by atoms with Gasteiger partial charge in [0.1, 0.15) is 4.32 Å². The zero-order valence-corrected chi connectivity index (χ0v) is 14.7. The van der Waals surface area contributed by atoms with Crippen LogP contribution in [0.15, 0.2) is 29.2 Å². The lowest BCUT2D eigenvalue weighted by atomic mass is 10.2. The Morgan fingerprint density at radius 2 is 2.24 bits per heavy atom. The average Bonchev–Trinajstić information content (AvgIpc) is 2.66. The van der Waals surface area contributed by atoms with Crippen molar-refractivity contribution in [2.75, 3.05) is 6.54 Å². The summed E-state index contributed by atoms with van der Waals surface area (Å²) in [6, 6.07) is 7.83. The Morgan fingerprint density at radius 1 is 1.48 bits per heavy atom. The summed E-state index contributed by atoms with van der Waals surface area (Å²) in [5.74, 6) is -1.01. The van der Waals surface area contributed by atoms with Gasteiger partial charge in [-0.1, -0.05) is 36.1 Å². The Labute approximate surface area is 145 Å². The number of nitrogens with zero attached hydrogens (tertiary/aromatic N) is 1. The lowest BCUT2D eigenvalue weighted by Gasteiger charge is -2.13. The van der Waals surface area contributed by atoms with Gasteiger partial charge in [0.15, 0.2) is 0 Å². The molecule has 2 rings (SSSR count). The zero-order valence-electron chi connectivity index (χ0n) is 10.9. The van der Waals surface area contributed by atoms with E-state index in [1.165, 1.54) is 16.7 Å². The highest BCUT2D eigenvalue weighted by Gasteiger charge is 2.31. The molecule has 0 aliphatic carbocycles. The molecular formula is C14H12INO3S2. The van der Waals surface area contributed by atoms with Crippen LogP contribution in [0.25, 0.3) is 6.08 Å². The Kier molecular flexibility index (Phi) is 5.77. The maximum Gasteiger partial charge on any atom is 0.303 e. The number of hydrogen-bond acceptors (Lipinski definition) is 4. The van der Waals surface area contributed by atoms with E-state index in [2.05, 4.69) is 22.6 Å². The van der Waals surface area contributed by atoms with Crippen LogP contribution in [0, 0.1) is 3.57 Å². The molecule has 1 aliphatic rings. The SMILES string of the molecule is O=C(O)CCCN1C(=O)C(=Cc2cccc(I)c2)SC1=S. The van der Waals surface area contributed by atoms with Crippen LogP contribution in [-0.2, 0) is 9.59 Å². The first kappa shape index (κ1) is 16.4. The normalized spacial score (nSPS) is 16.8. The number of hydrogen-bond donors (Lipinski definition) is 1. The minimum atomic E-state index is -0.866. The number of carboxylic acids is 1. The predicted octanol–water partition coefficient (Wildman–Crippen LogP) is 3.36. The molecule has 0 spiro atoms. The van der Waals surface area contributed by atoms with Gasteiger partial charge in [-0.15, -0.1) is 0 Å². The molecule has 1 aromatic carbocycles. The number of thiocarbonyl (C=S) groups is 1. The summed E-state index contributed by atoms with van der Waals surface area (Å²) in [6.07, 6.45) is 2.25. The van der Waals surface area contributed by atoms with E-state index in [1.54, 1.807) is 0 Å². The molecule has 0 saturated carbocycles. The molecule has 0 unspecified atom stereocenters. The zero-order chi connectivity index (χ0) is 15.4. The number of rotatable bonds is 5. The Hall–Kier alpha value is -0.930. The van der Waals surface area contributed by atoms with Crippen LogP contribution in [0.1, 0.15) is 18.4 Å². The molecule has 0 atom stereocenters.